The molecule has 4 aromatic rings. The fourth-order valence-corrected chi connectivity index (χ4v) is 2.73. The molecule has 0 aliphatic heterocycles. The van der Waals surface area contributed by atoms with Crippen LogP contribution in [0.3, 0.4) is 0 Å². The van der Waals surface area contributed by atoms with E-state index in [2.05, 4.69) is 30.3 Å². The molecule has 2 aromatic carbocycles. The molecular formula is C20H17BN4O. The van der Waals surface area contributed by atoms with Crippen molar-refractivity contribution < 1.29 is 4.74 Å². The van der Waals surface area contributed by atoms with Gasteiger partial charge in [-0.15, -0.1) is 0 Å². The minimum Gasteiger partial charge on any atom is -0.497 e. The number of ether oxygens (including phenoxy) is 1. The summed E-state index contributed by atoms with van der Waals surface area (Å²) >= 11 is 0. The van der Waals surface area contributed by atoms with Crippen molar-refractivity contribution in [2.24, 2.45) is 0 Å². The first-order chi connectivity index (χ1) is 12.7. The van der Waals surface area contributed by atoms with Crippen molar-refractivity contribution in [3.05, 3.63) is 67.0 Å². The van der Waals surface area contributed by atoms with Gasteiger partial charge in [0.2, 0.25) is 0 Å². The lowest BCUT2D eigenvalue weighted by molar-refractivity contribution is 0.415. The summed E-state index contributed by atoms with van der Waals surface area (Å²) in [5, 5.41) is 4.31. The van der Waals surface area contributed by atoms with E-state index < -0.39 is 0 Å². The predicted molar refractivity (Wildman–Crippen MR) is 107 cm³/mol. The molecule has 0 aliphatic carbocycles. The van der Waals surface area contributed by atoms with Gasteiger partial charge in [0, 0.05) is 29.0 Å². The number of rotatable bonds is 4. The molecule has 0 aliphatic rings. The Morgan fingerprint density at radius 1 is 1.00 bits per heavy atom. The Hall–Kier alpha value is -3.41. The third-order valence-electron chi connectivity index (χ3n) is 4.14. The highest BCUT2D eigenvalue weighted by Gasteiger charge is 2.11. The molecule has 0 saturated carbocycles. The summed E-state index contributed by atoms with van der Waals surface area (Å²) in [6.45, 7) is 0. The van der Waals surface area contributed by atoms with Gasteiger partial charge in [0.05, 0.1) is 12.6 Å². The van der Waals surface area contributed by atoms with E-state index in [1.165, 1.54) is 5.46 Å². The maximum Gasteiger partial charge on any atom is 0.163 e. The highest BCUT2D eigenvalue weighted by Crippen LogP contribution is 2.29. The SMILES string of the molecule is Bc1ccc(Nc2nc(-c3cccnc3)nc3ccc(OC)cc23)cc1. The summed E-state index contributed by atoms with van der Waals surface area (Å²) < 4.78 is 5.36. The molecule has 4 rings (SSSR count). The van der Waals surface area contributed by atoms with Gasteiger partial charge >= 0.3 is 0 Å². The van der Waals surface area contributed by atoms with Crippen molar-refractivity contribution >= 4 is 35.7 Å². The number of aromatic nitrogens is 3. The zero-order valence-corrected chi connectivity index (χ0v) is 14.6. The quantitative estimate of drug-likeness (QED) is 0.579. The fourth-order valence-electron chi connectivity index (χ4n) is 2.73. The zero-order chi connectivity index (χ0) is 17.9. The highest BCUT2D eigenvalue weighted by molar-refractivity contribution is 6.32. The summed E-state index contributed by atoms with van der Waals surface area (Å²) in [7, 11) is 3.72. The summed E-state index contributed by atoms with van der Waals surface area (Å²) in [4.78, 5) is 13.6. The number of hydrogen-bond acceptors (Lipinski definition) is 5. The molecule has 0 spiro atoms. The summed E-state index contributed by atoms with van der Waals surface area (Å²) in [5.41, 5.74) is 3.89. The normalized spacial score (nSPS) is 10.7. The van der Waals surface area contributed by atoms with E-state index >= 15 is 0 Å². The van der Waals surface area contributed by atoms with Gasteiger partial charge in [-0.05, 0) is 42.5 Å². The first-order valence-electron chi connectivity index (χ1n) is 8.33. The molecule has 2 aromatic heterocycles. The number of anilines is 2. The van der Waals surface area contributed by atoms with Gasteiger partial charge in [-0.3, -0.25) is 4.98 Å². The molecule has 26 heavy (non-hydrogen) atoms. The minimum atomic E-state index is 0.630. The predicted octanol–water partition coefficient (Wildman–Crippen LogP) is 2.70. The van der Waals surface area contributed by atoms with E-state index in [0.29, 0.717) is 5.82 Å². The smallest absolute Gasteiger partial charge is 0.163 e. The van der Waals surface area contributed by atoms with Crippen LogP contribution in [0.2, 0.25) is 0 Å². The average Bonchev–Trinajstić information content (AvgIpc) is 2.70. The molecular weight excluding hydrogens is 323 g/mol. The molecule has 0 fully saturated rings. The molecule has 2 heterocycles. The van der Waals surface area contributed by atoms with Crippen molar-refractivity contribution in [1.29, 1.82) is 0 Å². The molecule has 0 atom stereocenters. The van der Waals surface area contributed by atoms with Crippen molar-refractivity contribution in [2.45, 2.75) is 0 Å². The van der Waals surface area contributed by atoms with Gasteiger partial charge in [0.25, 0.3) is 0 Å². The van der Waals surface area contributed by atoms with Crippen LogP contribution in [0.1, 0.15) is 0 Å². The monoisotopic (exact) mass is 340 g/mol. The molecule has 0 amide bonds. The largest absolute Gasteiger partial charge is 0.497 e. The summed E-state index contributed by atoms with van der Waals surface area (Å²) in [6.07, 6.45) is 3.50. The number of nitrogens with zero attached hydrogens (tertiary/aromatic N) is 3. The van der Waals surface area contributed by atoms with Crippen LogP contribution in [0.15, 0.2) is 67.0 Å². The van der Waals surface area contributed by atoms with Crippen LogP contribution < -0.4 is 15.5 Å². The summed E-state index contributed by atoms with van der Waals surface area (Å²) in [5.74, 6) is 2.13. The van der Waals surface area contributed by atoms with E-state index in [4.69, 9.17) is 14.7 Å². The van der Waals surface area contributed by atoms with Crippen LogP contribution in [0.5, 0.6) is 5.75 Å². The molecule has 0 saturated heterocycles. The van der Waals surface area contributed by atoms with E-state index in [1.807, 2.05) is 42.5 Å². The standard InChI is InChI=1S/C20H17BN4O/c1-26-16-8-9-18-17(11-16)20(23-15-6-4-14(21)5-7-15)25-19(24-18)13-3-2-10-22-12-13/h2-12H,21H2,1H3,(H,23,24,25). The lowest BCUT2D eigenvalue weighted by atomic mass is 9.96. The third kappa shape index (κ3) is 3.21. The second-order valence-corrected chi connectivity index (χ2v) is 6.01. The van der Waals surface area contributed by atoms with Crippen LogP contribution in [0, 0.1) is 0 Å². The Balaban J connectivity index is 1.87. The van der Waals surface area contributed by atoms with Crippen LogP contribution in [0.4, 0.5) is 11.5 Å². The van der Waals surface area contributed by atoms with E-state index in [0.717, 1.165) is 33.7 Å². The Bertz CT molecular complexity index is 1050. The lowest BCUT2D eigenvalue weighted by Crippen LogP contribution is -2.03. The first-order valence-corrected chi connectivity index (χ1v) is 8.33. The average molecular weight is 340 g/mol. The van der Waals surface area contributed by atoms with Crippen LogP contribution >= 0.6 is 0 Å². The van der Waals surface area contributed by atoms with Crippen molar-refractivity contribution in [3.63, 3.8) is 0 Å². The van der Waals surface area contributed by atoms with Crippen molar-refractivity contribution in [3.8, 4) is 17.1 Å². The molecule has 0 bridgehead atoms. The first kappa shape index (κ1) is 16.1. The number of methoxy groups -OCH3 is 1. The van der Waals surface area contributed by atoms with Gasteiger partial charge in [-0.25, -0.2) is 9.97 Å². The molecule has 0 radical (unpaired) electrons. The maximum absolute atomic E-state index is 5.36. The summed E-state index contributed by atoms with van der Waals surface area (Å²) in [6, 6.07) is 17.8. The lowest BCUT2D eigenvalue weighted by Gasteiger charge is -2.12. The molecule has 126 valence electrons. The van der Waals surface area contributed by atoms with Crippen molar-refractivity contribution in [1.82, 2.24) is 15.0 Å². The fraction of sp³-hybridized carbons (Fsp3) is 0.0500. The number of benzene rings is 2. The molecule has 1 N–H and O–H groups in total. The van der Waals surface area contributed by atoms with Gasteiger partial charge in [0.15, 0.2) is 5.82 Å². The zero-order valence-electron chi connectivity index (χ0n) is 14.6. The Labute approximate surface area is 152 Å². The topological polar surface area (TPSA) is 59.9 Å². The number of pyridine rings is 1. The van der Waals surface area contributed by atoms with E-state index in [1.54, 1.807) is 19.5 Å². The Morgan fingerprint density at radius 3 is 2.58 bits per heavy atom. The van der Waals surface area contributed by atoms with E-state index in [9.17, 15) is 0 Å². The van der Waals surface area contributed by atoms with Crippen LogP contribution in [0.25, 0.3) is 22.3 Å². The molecule has 6 heteroatoms. The Morgan fingerprint density at radius 2 is 1.85 bits per heavy atom. The van der Waals surface area contributed by atoms with Crippen LogP contribution in [-0.2, 0) is 0 Å². The third-order valence-corrected chi connectivity index (χ3v) is 4.14. The maximum atomic E-state index is 5.36. The highest BCUT2D eigenvalue weighted by atomic mass is 16.5. The number of hydrogen-bond donors (Lipinski definition) is 1. The van der Waals surface area contributed by atoms with E-state index in [-0.39, 0.29) is 0 Å². The van der Waals surface area contributed by atoms with Gasteiger partial charge < -0.3 is 10.1 Å². The van der Waals surface area contributed by atoms with Gasteiger partial charge in [0.1, 0.15) is 19.4 Å². The molecule has 5 nitrogen and oxygen atoms in total. The second kappa shape index (κ2) is 6.84. The van der Waals surface area contributed by atoms with Gasteiger partial charge in [-0.1, -0.05) is 17.6 Å². The minimum absolute atomic E-state index is 0.630. The Kier molecular flexibility index (Phi) is 4.23. The second-order valence-electron chi connectivity index (χ2n) is 6.01. The van der Waals surface area contributed by atoms with Crippen molar-refractivity contribution in [2.75, 3.05) is 12.4 Å². The van der Waals surface area contributed by atoms with Gasteiger partial charge in [-0.2, -0.15) is 0 Å². The number of fused-ring (bicyclic) bond motifs is 1. The molecule has 0 unspecified atom stereocenters. The number of nitrogens with one attached hydrogen (secondary N) is 1. The van der Waals surface area contributed by atoms with Crippen LogP contribution in [-0.4, -0.2) is 29.9 Å².